The van der Waals surface area contributed by atoms with Gasteiger partial charge in [0.15, 0.2) is 5.85 Å². The largest absolute Gasteiger partial charge is 0.470 e. The molecule has 120 valence electrons. The number of quaternary nitrogens is 1. The van der Waals surface area contributed by atoms with Crippen molar-refractivity contribution in [3.63, 3.8) is 0 Å². The highest BCUT2D eigenvalue weighted by Crippen LogP contribution is 2.52. The van der Waals surface area contributed by atoms with Crippen LogP contribution >= 0.6 is 15.4 Å². The zero-order valence-electron chi connectivity index (χ0n) is 11.8. The van der Waals surface area contributed by atoms with Gasteiger partial charge in [0.25, 0.3) is 0 Å². The van der Waals surface area contributed by atoms with Gasteiger partial charge in [0.05, 0.1) is 26.7 Å². The summed E-state index contributed by atoms with van der Waals surface area (Å²) in [6, 6.07) is 0.221. The van der Waals surface area contributed by atoms with Crippen molar-refractivity contribution in [2.75, 3.05) is 20.6 Å². The summed E-state index contributed by atoms with van der Waals surface area (Å²) in [6.45, 7) is 0.991. The summed E-state index contributed by atoms with van der Waals surface area (Å²) in [5, 5.41) is 0. The van der Waals surface area contributed by atoms with E-state index in [1.54, 1.807) is 0 Å². The molecule has 0 aromatic heterocycles. The molecule has 2 atom stereocenters. The third kappa shape index (κ3) is 5.92. The Balaban J connectivity index is 2.67. The van der Waals surface area contributed by atoms with E-state index in [1.165, 1.54) is 0 Å². The van der Waals surface area contributed by atoms with Crippen LogP contribution in [0.5, 0.6) is 0 Å². The molecule has 0 saturated carbocycles. The van der Waals surface area contributed by atoms with E-state index in [0.717, 1.165) is 30.3 Å². The fourth-order valence-electron chi connectivity index (χ4n) is 2.70. The molecule has 0 aromatic carbocycles. The monoisotopic (exact) mass is 332 g/mol. The average molecular weight is 332 g/mol. The lowest BCUT2D eigenvalue weighted by atomic mass is 9.96. The summed E-state index contributed by atoms with van der Waals surface area (Å²) in [5.41, 5.74) is 0. The van der Waals surface area contributed by atoms with Crippen LogP contribution in [0.1, 0.15) is 32.1 Å². The Morgan fingerprint density at radius 2 is 1.80 bits per heavy atom. The number of phosphoric ester groups is 1. The maximum Gasteiger partial charge on any atom is 0.470 e. The van der Waals surface area contributed by atoms with Crippen molar-refractivity contribution in [2.45, 2.75) is 44.0 Å². The second-order valence-corrected chi connectivity index (χ2v) is 8.82. The first kappa shape index (κ1) is 18.3. The summed E-state index contributed by atoms with van der Waals surface area (Å²) in [4.78, 5) is 35.7. The average Bonchev–Trinajstić information content (AvgIpc) is 2.22. The molecule has 1 aliphatic rings. The number of nitrogens with zero attached hydrogens (tertiary/aromatic N) is 1. The van der Waals surface area contributed by atoms with E-state index < -0.39 is 21.3 Å². The Labute approximate surface area is 118 Å². The van der Waals surface area contributed by atoms with E-state index >= 15 is 0 Å². The molecule has 1 rings (SSSR count). The molecule has 1 heterocycles. The van der Waals surface area contributed by atoms with E-state index in [2.05, 4.69) is 18.6 Å². The van der Waals surface area contributed by atoms with Gasteiger partial charge >= 0.3 is 15.4 Å². The molecule has 8 nitrogen and oxygen atoms in total. The molecule has 0 amide bonds. The Kier molecular flexibility index (Phi) is 5.98. The number of likely N-dealkylation sites (tertiary alicyclic amines) is 1. The molecule has 20 heavy (non-hydrogen) atoms. The van der Waals surface area contributed by atoms with E-state index in [0.29, 0.717) is 6.42 Å². The SMILES string of the molecule is C[N+]1(C)CCCCC1CCC(OP(=O)(O)O)P(=O)(O)O. The standard InChI is InChI=1S/C10H23NO7P2/c1-11(2)8-4-3-5-9(11)6-7-10(19(12,13)14)18-20(15,16)17/h9-10H,3-8H2,1-2H3,(H3-,12,13,14,15,16,17)/p+1. The third-order valence-corrected chi connectivity index (χ3v) is 5.70. The molecule has 1 fully saturated rings. The first-order valence-corrected chi connectivity index (χ1v) is 9.75. The highest BCUT2D eigenvalue weighted by molar-refractivity contribution is 7.53. The molecular formula is C10H24NO7P2+. The fraction of sp³-hybridized carbons (Fsp3) is 1.00. The zero-order valence-corrected chi connectivity index (χ0v) is 13.5. The first-order valence-electron chi connectivity index (χ1n) is 6.54. The molecule has 0 aliphatic carbocycles. The topological polar surface area (TPSA) is 124 Å². The van der Waals surface area contributed by atoms with Gasteiger partial charge in [-0.1, -0.05) is 0 Å². The number of piperidine rings is 1. The highest BCUT2D eigenvalue weighted by Gasteiger charge is 2.38. The summed E-state index contributed by atoms with van der Waals surface area (Å²) < 4.78 is 27.1. The van der Waals surface area contributed by atoms with Gasteiger partial charge in [-0.2, -0.15) is 0 Å². The van der Waals surface area contributed by atoms with Crippen LogP contribution in [0.25, 0.3) is 0 Å². The second-order valence-electron chi connectivity index (χ2n) is 5.87. The van der Waals surface area contributed by atoms with Gasteiger partial charge in [-0.15, -0.1) is 0 Å². The van der Waals surface area contributed by atoms with Crippen LogP contribution in [0, 0.1) is 0 Å². The van der Waals surface area contributed by atoms with Gasteiger partial charge in [0.1, 0.15) is 0 Å². The molecule has 10 heteroatoms. The summed E-state index contributed by atoms with van der Waals surface area (Å²) in [7, 11) is -5.51. The predicted octanol–water partition coefficient (Wildman–Crippen LogP) is 1.01. The summed E-state index contributed by atoms with van der Waals surface area (Å²) in [5.74, 6) is -1.75. The van der Waals surface area contributed by atoms with E-state index in [9.17, 15) is 9.13 Å². The minimum absolute atomic E-state index is 0.0677. The van der Waals surface area contributed by atoms with Gasteiger partial charge in [0, 0.05) is 6.42 Å². The molecule has 0 radical (unpaired) electrons. The van der Waals surface area contributed by atoms with Crippen molar-refractivity contribution in [1.29, 1.82) is 0 Å². The van der Waals surface area contributed by atoms with E-state index in [1.807, 2.05) is 0 Å². The Morgan fingerprint density at radius 1 is 1.20 bits per heavy atom. The Morgan fingerprint density at radius 3 is 2.25 bits per heavy atom. The van der Waals surface area contributed by atoms with Crippen LogP contribution in [0.2, 0.25) is 0 Å². The lowest BCUT2D eigenvalue weighted by molar-refractivity contribution is -0.920. The third-order valence-electron chi connectivity index (χ3n) is 3.89. The minimum Gasteiger partial charge on any atom is -0.326 e. The first-order chi connectivity index (χ1) is 8.92. The smallest absolute Gasteiger partial charge is 0.326 e. The van der Waals surface area contributed by atoms with Crippen molar-refractivity contribution in [3.05, 3.63) is 0 Å². The maximum absolute atomic E-state index is 11.3. The van der Waals surface area contributed by atoms with E-state index in [4.69, 9.17) is 19.6 Å². The number of hydrogen-bond donors (Lipinski definition) is 4. The van der Waals surface area contributed by atoms with Crippen molar-refractivity contribution < 1.29 is 37.7 Å². The lowest BCUT2D eigenvalue weighted by Gasteiger charge is -2.42. The fourth-order valence-corrected chi connectivity index (χ4v) is 4.47. The Bertz CT molecular complexity index is 416. The number of hydrogen-bond acceptors (Lipinski definition) is 3. The molecular weight excluding hydrogens is 308 g/mol. The van der Waals surface area contributed by atoms with Crippen LogP contribution in [-0.2, 0) is 13.7 Å². The second kappa shape index (κ2) is 6.55. The normalized spacial score (nSPS) is 25.4. The molecule has 4 N–H and O–H groups in total. The quantitative estimate of drug-likeness (QED) is 0.422. The van der Waals surface area contributed by atoms with Gasteiger partial charge in [-0.05, 0) is 25.7 Å². The van der Waals surface area contributed by atoms with Crippen LogP contribution in [0.4, 0.5) is 0 Å². The molecule has 1 saturated heterocycles. The van der Waals surface area contributed by atoms with Crippen LogP contribution in [0.3, 0.4) is 0 Å². The highest BCUT2D eigenvalue weighted by atomic mass is 31.2. The van der Waals surface area contributed by atoms with Gasteiger partial charge in [-0.3, -0.25) is 9.09 Å². The number of phosphoric acid groups is 1. The van der Waals surface area contributed by atoms with Crippen molar-refractivity contribution >= 4 is 15.4 Å². The predicted molar refractivity (Wildman–Crippen MR) is 72.8 cm³/mol. The Hall–Kier alpha value is 0.220. The molecule has 0 bridgehead atoms. The summed E-state index contributed by atoms with van der Waals surface area (Å²) >= 11 is 0. The zero-order chi connectivity index (χ0) is 15.6. The van der Waals surface area contributed by atoms with Crippen LogP contribution < -0.4 is 0 Å². The van der Waals surface area contributed by atoms with E-state index in [-0.39, 0.29) is 12.5 Å². The lowest BCUT2D eigenvalue weighted by Crippen LogP contribution is -2.52. The molecule has 2 unspecified atom stereocenters. The van der Waals surface area contributed by atoms with Gasteiger partial charge in [0.2, 0.25) is 0 Å². The van der Waals surface area contributed by atoms with Crippen molar-refractivity contribution in [1.82, 2.24) is 0 Å². The van der Waals surface area contributed by atoms with Crippen LogP contribution in [0.15, 0.2) is 0 Å². The minimum atomic E-state index is -4.92. The molecule has 0 aromatic rings. The van der Waals surface area contributed by atoms with Crippen molar-refractivity contribution in [2.24, 2.45) is 0 Å². The maximum atomic E-state index is 11.3. The summed E-state index contributed by atoms with van der Waals surface area (Å²) in [6.07, 6.45) is 3.51. The molecule has 0 spiro atoms. The van der Waals surface area contributed by atoms with Crippen molar-refractivity contribution in [3.8, 4) is 0 Å². The van der Waals surface area contributed by atoms with Crippen LogP contribution in [-0.4, -0.2) is 56.6 Å². The van der Waals surface area contributed by atoms with Gasteiger partial charge in [-0.25, -0.2) is 4.57 Å². The molecule has 1 aliphatic heterocycles. The van der Waals surface area contributed by atoms with Gasteiger partial charge < -0.3 is 24.1 Å². The number of rotatable bonds is 6.